The number of amidine groups is 1. The Bertz CT molecular complexity index is 350. The van der Waals surface area contributed by atoms with Crippen LogP contribution in [0.2, 0.25) is 0 Å². The molecule has 2 N–H and O–H groups in total. The molecule has 0 radical (unpaired) electrons. The second kappa shape index (κ2) is 3.18. The molecule has 2 heterocycles. The van der Waals surface area contributed by atoms with Gasteiger partial charge in [-0.2, -0.15) is 4.99 Å². The third kappa shape index (κ3) is 1.33. The van der Waals surface area contributed by atoms with Crippen molar-refractivity contribution in [3.8, 4) is 0 Å². The van der Waals surface area contributed by atoms with E-state index in [1.165, 1.54) is 0 Å². The van der Waals surface area contributed by atoms with E-state index < -0.39 is 17.5 Å². The first-order chi connectivity index (χ1) is 7.64. The van der Waals surface area contributed by atoms with Crippen molar-refractivity contribution in [1.82, 2.24) is 0 Å². The van der Waals surface area contributed by atoms with Gasteiger partial charge in [-0.15, -0.1) is 0 Å². The summed E-state index contributed by atoms with van der Waals surface area (Å²) in [7, 11) is 0. The molecule has 1 aliphatic carbocycles. The average molecular weight is 226 g/mol. The Morgan fingerprint density at radius 2 is 1.75 bits per heavy atom. The van der Waals surface area contributed by atoms with Gasteiger partial charge in [0.15, 0.2) is 17.2 Å². The Morgan fingerprint density at radius 1 is 1.12 bits per heavy atom. The molecule has 0 aromatic carbocycles. The molecule has 2 fully saturated rings. The number of carbonyl (C=O) groups excluding carboxylic acids is 1. The van der Waals surface area contributed by atoms with Crippen LogP contribution >= 0.6 is 0 Å². The highest BCUT2D eigenvalue weighted by molar-refractivity contribution is 6.01. The molecule has 6 heteroatoms. The summed E-state index contributed by atoms with van der Waals surface area (Å²) in [5.74, 6) is -0.175. The van der Waals surface area contributed by atoms with E-state index in [0.29, 0.717) is 44.7 Å². The molecule has 1 saturated heterocycles. The highest BCUT2D eigenvalue weighted by atomic mass is 16.7. The van der Waals surface area contributed by atoms with Crippen molar-refractivity contribution < 1.29 is 19.0 Å². The van der Waals surface area contributed by atoms with Crippen LogP contribution in [0.5, 0.6) is 0 Å². The molecule has 1 amide bonds. The monoisotopic (exact) mass is 226 g/mol. The molecule has 6 nitrogen and oxygen atoms in total. The fourth-order valence-corrected chi connectivity index (χ4v) is 2.62. The third-order valence-corrected chi connectivity index (χ3v) is 3.59. The van der Waals surface area contributed by atoms with Crippen LogP contribution in [0.15, 0.2) is 4.99 Å². The Morgan fingerprint density at radius 3 is 2.25 bits per heavy atom. The van der Waals surface area contributed by atoms with Gasteiger partial charge in [0.1, 0.15) is 0 Å². The lowest BCUT2D eigenvalue weighted by molar-refractivity contribution is -0.192. The number of rotatable bonds is 0. The first-order valence-electron chi connectivity index (χ1n) is 5.50. The zero-order chi connectivity index (χ0) is 11.2. The number of nitrogens with two attached hydrogens (primary N) is 1. The van der Waals surface area contributed by atoms with Crippen LogP contribution in [0, 0.1) is 0 Å². The maximum atomic E-state index is 11.1. The minimum Gasteiger partial charge on any atom is -0.433 e. The molecule has 16 heavy (non-hydrogen) atoms. The summed E-state index contributed by atoms with van der Waals surface area (Å²) in [6, 6.07) is 0. The van der Waals surface area contributed by atoms with Gasteiger partial charge in [0.05, 0.1) is 13.2 Å². The van der Waals surface area contributed by atoms with Crippen molar-refractivity contribution in [3.05, 3.63) is 0 Å². The number of hydrogen-bond donors (Lipinski definition) is 1. The number of carbonyl (C=O) groups is 1. The Labute approximate surface area is 92.7 Å². The summed E-state index contributed by atoms with van der Waals surface area (Å²) in [5, 5.41) is 0. The van der Waals surface area contributed by atoms with Crippen LogP contribution in [-0.2, 0) is 14.2 Å². The zero-order valence-corrected chi connectivity index (χ0v) is 8.90. The van der Waals surface area contributed by atoms with Gasteiger partial charge in [-0.1, -0.05) is 0 Å². The molecular weight excluding hydrogens is 212 g/mol. The molecule has 3 aliphatic rings. The van der Waals surface area contributed by atoms with Crippen LogP contribution in [0.4, 0.5) is 4.79 Å². The maximum absolute atomic E-state index is 11.1. The molecule has 0 atom stereocenters. The summed E-state index contributed by atoms with van der Waals surface area (Å²) < 4.78 is 16.4. The van der Waals surface area contributed by atoms with Crippen molar-refractivity contribution in [2.24, 2.45) is 10.7 Å². The average Bonchev–Trinajstić information content (AvgIpc) is 2.80. The van der Waals surface area contributed by atoms with Crippen molar-refractivity contribution in [2.45, 2.75) is 37.1 Å². The van der Waals surface area contributed by atoms with E-state index in [2.05, 4.69) is 4.99 Å². The molecule has 1 saturated carbocycles. The number of amides is 1. The van der Waals surface area contributed by atoms with Gasteiger partial charge in [-0.05, 0) is 12.8 Å². The van der Waals surface area contributed by atoms with Gasteiger partial charge < -0.3 is 19.9 Å². The summed E-state index contributed by atoms with van der Waals surface area (Å²) in [5.41, 5.74) is 5.05. The van der Waals surface area contributed by atoms with Gasteiger partial charge in [-0.3, -0.25) is 0 Å². The van der Waals surface area contributed by atoms with E-state index in [0.717, 1.165) is 0 Å². The second-order valence-electron chi connectivity index (χ2n) is 4.47. The van der Waals surface area contributed by atoms with Crippen molar-refractivity contribution >= 4 is 11.9 Å². The molecule has 2 spiro atoms. The van der Waals surface area contributed by atoms with Crippen molar-refractivity contribution in [2.75, 3.05) is 13.2 Å². The molecule has 0 aromatic rings. The lowest BCUT2D eigenvalue weighted by Crippen LogP contribution is -2.50. The first-order valence-corrected chi connectivity index (χ1v) is 5.50. The number of hydrogen-bond acceptors (Lipinski definition) is 5. The largest absolute Gasteiger partial charge is 0.436 e. The first kappa shape index (κ1) is 10.0. The number of nitrogens with zero attached hydrogens (tertiary/aromatic N) is 1. The topological polar surface area (TPSA) is 83.1 Å². The SMILES string of the molecule is NC1=NC(=O)OC12CCC1(CC2)OCCO1. The van der Waals surface area contributed by atoms with E-state index in [1.54, 1.807) is 0 Å². The van der Waals surface area contributed by atoms with Gasteiger partial charge >= 0.3 is 6.09 Å². The summed E-state index contributed by atoms with van der Waals surface area (Å²) in [6.45, 7) is 1.27. The Hall–Kier alpha value is -1.14. The van der Waals surface area contributed by atoms with Crippen LogP contribution in [0.1, 0.15) is 25.7 Å². The lowest BCUT2D eigenvalue weighted by Gasteiger charge is -2.39. The Kier molecular flexibility index (Phi) is 1.99. The zero-order valence-electron chi connectivity index (χ0n) is 8.90. The lowest BCUT2D eigenvalue weighted by atomic mass is 9.80. The highest BCUT2D eigenvalue weighted by Crippen LogP contribution is 2.43. The molecular formula is C10H14N2O4. The van der Waals surface area contributed by atoms with E-state index in [4.69, 9.17) is 19.9 Å². The predicted octanol–water partition coefficient (Wildman–Crippen LogP) is 0.550. The summed E-state index contributed by atoms with van der Waals surface area (Å²) >= 11 is 0. The summed E-state index contributed by atoms with van der Waals surface area (Å²) in [4.78, 5) is 14.7. The van der Waals surface area contributed by atoms with Crippen LogP contribution in [0.3, 0.4) is 0 Å². The van der Waals surface area contributed by atoms with Crippen molar-refractivity contribution in [1.29, 1.82) is 0 Å². The van der Waals surface area contributed by atoms with Gasteiger partial charge in [0.25, 0.3) is 0 Å². The second-order valence-corrected chi connectivity index (χ2v) is 4.47. The minimum atomic E-state index is -0.697. The summed E-state index contributed by atoms with van der Waals surface area (Å²) in [6.07, 6.45) is 2.04. The molecule has 3 rings (SSSR count). The fraction of sp³-hybridized carbons (Fsp3) is 0.800. The molecule has 2 aliphatic heterocycles. The normalized spacial score (nSPS) is 30.8. The Balaban J connectivity index is 1.75. The van der Waals surface area contributed by atoms with Gasteiger partial charge in [0, 0.05) is 12.8 Å². The molecule has 0 aromatic heterocycles. The smallest absolute Gasteiger partial charge is 0.433 e. The minimum absolute atomic E-state index is 0.297. The van der Waals surface area contributed by atoms with E-state index in [-0.39, 0.29) is 0 Å². The number of aliphatic imine (C=N–C) groups is 1. The standard InChI is InChI=1S/C10H14N2O4/c11-7-9(16-8(13)12-7)1-3-10(4-2-9)14-5-6-15-10/h1-6H2,(H2,11,12,13). The molecule has 0 bridgehead atoms. The van der Waals surface area contributed by atoms with Gasteiger partial charge in [0.2, 0.25) is 0 Å². The van der Waals surface area contributed by atoms with E-state index in [9.17, 15) is 4.79 Å². The highest BCUT2D eigenvalue weighted by Gasteiger charge is 2.52. The number of ether oxygens (including phenoxy) is 3. The quantitative estimate of drug-likeness (QED) is 0.652. The fourth-order valence-electron chi connectivity index (χ4n) is 2.62. The van der Waals surface area contributed by atoms with Gasteiger partial charge in [-0.25, -0.2) is 4.79 Å². The third-order valence-electron chi connectivity index (χ3n) is 3.59. The van der Waals surface area contributed by atoms with Crippen LogP contribution in [-0.4, -0.2) is 36.5 Å². The molecule has 88 valence electrons. The maximum Gasteiger partial charge on any atom is 0.436 e. The van der Waals surface area contributed by atoms with Crippen LogP contribution in [0.25, 0.3) is 0 Å². The van der Waals surface area contributed by atoms with Crippen LogP contribution < -0.4 is 5.73 Å². The molecule has 0 unspecified atom stereocenters. The predicted molar refractivity (Wildman–Crippen MR) is 53.9 cm³/mol. The van der Waals surface area contributed by atoms with E-state index >= 15 is 0 Å². The van der Waals surface area contributed by atoms with Crippen molar-refractivity contribution in [3.63, 3.8) is 0 Å². The van der Waals surface area contributed by atoms with E-state index in [1.807, 2.05) is 0 Å².